The van der Waals surface area contributed by atoms with E-state index < -0.39 is 0 Å². The third-order valence-corrected chi connectivity index (χ3v) is 2.83. The Kier molecular flexibility index (Phi) is 2.82. The molecule has 1 aromatic heterocycles. The van der Waals surface area contributed by atoms with Crippen molar-refractivity contribution in [3.8, 4) is 0 Å². The van der Waals surface area contributed by atoms with Crippen molar-refractivity contribution < 1.29 is 0 Å². The summed E-state index contributed by atoms with van der Waals surface area (Å²) < 4.78 is 0.930. The molecule has 0 aliphatic carbocycles. The van der Waals surface area contributed by atoms with E-state index in [2.05, 4.69) is 25.8 Å². The number of hydrogen-bond acceptors (Lipinski definition) is 2. The first-order valence-electron chi connectivity index (χ1n) is 4.72. The molecule has 0 saturated carbocycles. The summed E-state index contributed by atoms with van der Waals surface area (Å²) >= 11 is 3.36. The largest absolute Gasteiger partial charge is 0.357 e. The molecular weight excluding hydrogens is 242 g/mol. The van der Waals surface area contributed by atoms with Crippen molar-refractivity contribution in [3.63, 3.8) is 0 Å². The molecule has 0 atom stereocenters. The Balaban J connectivity index is 2.17. The van der Waals surface area contributed by atoms with E-state index in [4.69, 9.17) is 5.41 Å². The van der Waals surface area contributed by atoms with Crippen LogP contribution in [0.3, 0.4) is 0 Å². The van der Waals surface area contributed by atoms with Crippen molar-refractivity contribution in [1.29, 1.82) is 5.41 Å². The van der Waals surface area contributed by atoms with Crippen LogP contribution in [0.25, 0.3) is 0 Å². The number of aromatic nitrogens is 1. The third-order valence-electron chi connectivity index (χ3n) is 2.40. The van der Waals surface area contributed by atoms with Crippen LogP contribution in [0.15, 0.2) is 22.9 Å². The molecule has 0 spiro atoms. The highest BCUT2D eigenvalue weighted by atomic mass is 79.9. The van der Waals surface area contributed by atoms with Gasteiger partial charge in [0.25, 0.3) is 0 Å². The Morgan fingerprint density at radius 3 is 2.71 bits per heavy atom. The van der Waals surface area contributed by atoms with Crippen molar-refractivity contribution in [3.05, 3.63) is 28.5 Å². The second kappa shape index (κ2) is 4.09. The lowest BCUT2D eigenvalue weighted by Gasteiger charge is -2.18. The van der Waals surface area contributed by atoms with Gasteiger partial charge in [-0.1, -0.05) is 0 Å². The minimum atomic E-state index is 0.594. The van der Waals surface area contributed by atoms with Gasteiger partial charge in [-0.25, -0.2) is 0 Å². The summed E-state index contributed by atoms with van der Waals surface area (Å²) in [5.74, 6) is 0.594. The van der Waals surface area contributed by atoms with E-state index in [0.717, 1.165) is 23.1 Å². The van der Waals surface area contributed by atoms with Gasteiger partial charge < -0.3 is 4.90 Å². The number of nitrogens with zero attached hydrogens (tertiary/aromatic N) is 2. The standard InChI is InChI=1S/C10H12BrN3/c11-9-5-8(6-13-7-9)10(12)14-3-1-2-4-14/h5-7,12H,1-4H2. The maximum Gasteiger partial charge on any atom is 0.129 e. The van der Waals surface area contributed by atoms with E-state index in [1.807, 2.05) is 6.07 Å². The molecule has 1 fully saturated rings. The third kappa shape index (κ3) is 1.95. The molecule has 1 aliphatic heterocycles. The molecule has 0 unspecified atom stereocenters. The molecule has 74 valence electrons. The minimum absolute atomic E-state index is 0.594. The maximum atomic E-state index is 7.99. The van der Waals surface area contributed by atoms with Crippen LogP contribution < -0.4 is 0 Å². The normalized spacial score (nSPS) is 15.9. The molecule has 1 saturated heterocycles. The number of halogens is 1. The summed E-state index contributed by atoms with van der Waals surface area (Å²) in [4.78, 5) is 6.16. The van der Waals surface area contributed by atoms with Gasteiger partial charge in [0.05, 0.1) is 0 Å². The van der Waals surface area contributed by atoms with E-state index in [9.17, 15) is 0 Å². The van der Waals surface area contributed by atoms with E-state index in [1.165, 1.54) is 12.8 Å². The van der Waals surface area contributed by atoms with Gasteiger partial charge in [0, 0.05) is 35.5 Å². The second-order valence-corrected chi connectivity index (χ2v) is 4.35. The predicted molar refractivity (Wildman–Crippen MR) is 59.6 cm³/mol. The van der Waals surface area contributed by atoms with Gasteiger partial charge in [-0.05, 0) is 34.8 Å². The van der Waals surface area contributed by atoms with Gasteiger partial charge in [0.2, 0.25) is 0 Å². The van der Waals surface area contributed by atoms with Crippen LogP contribution in [-0.4, -0.2) is 28.8 Å². The van der Waals surface area contributed by atoms with E-state index in [-0.39, 0.29) is 0 Å². The Morgan fingerprint density at radius 1 is 1.36 bits per heavy atom. The number of pyridine rings is 1. The monoisotopic (exact) mass is 253 g/mol. The van der Waals surface area contributed by atoms with Crippen LogP contribution in [0.4, 0.5) is 0 Å². The van der Waals surface area contributed by atoms with Crippen LogP contribution in [0.5, 0.6) is 0 Å². The summed E-state index contributed by atoms with van der Waals surface area (Å²) in [6, 6.07) is 1.94. The number of likely N-dealkylation sites (tertiary alicyclic amines) is 1. The molecule has 14 heavy (non-hydrogen) atoms. The molecule has 4 heteroatoms. The van der Waals surface area contributed by atoms with Crippen molar-refractivity contribution in [1.82, 2.24) is 9.88 Å². The maximum absolute atomic E-state index is 7.99. The molecule has 0 bridgehead atoms. The second-order valence-electron chi connectivity index (χ2n) is 3.43. The van der Waals surface area contributed by atoms with Gasteiger partial charge in [0.1, 0.15) is 5.84 Å². The zero-order chi connectivity index (χ0) is 9.97. The first kappa shape index (κ1) is 9.65. The summed E-state index contributed by atoms with van der Waals surface area (Å²) in [5, 5.41) is 7.99. The highest BCUT2D eigenvalue weighted by Crippen LogP contribution is 2.15. The number of amidine groups is 1. The number of nitrogens with one attached hydrogen (secondary N) is 1. The fourth-order valence-electron chi connectivity index (χ4n) is 1.66. The Hall–Kier alpha value is -0.900. The van der Waals surface area contributed by atoms with Gasteiger partial charge in [0.15, 0.2) is 0 Å². The lowest BCUT2D eigenvalue weighted by Crippen LogP contribution is -2.27. The highest BCUT2D eigenvalue weighted by molar-refractivity contribution is 9.10. The van der Waals surface area contributed by atoms with Crippen LogP contribution in [-0.2, 0) is 0 Å². The van der Waals surface area contributed by atoms with E-state index in [0.29, 0.717) is 5.84 Å². The lowest BCUT2D eigenvalue weighted by atomic mass is 10.2. The zero-order valence-electron chi connectivity index (χ0n) is 7.83. The molecule has 0 radical (unpaired) electrons. The summed E-state index contributed by atoms with van der Waals surface area (Å²) in [7, 11) is 0. The first-order chi connectivity index (χ1) is 6.77. The van der Waals surface area contributed by atoms with Crippen LogP contribution in [0.1, 0.15) is 18.4 Å². The summed E-state index contributed by atoms with van der Waals surface area (Å²) in [6.45, 7) is 2.01. The summed E-state index contributed by atoms with van der Waals surface area (Å²) in [5.41, 5.74) is 0.890. The molecule has 1 aliphatic rings. The number of rotatable bonds is 1. The molecule has 1 aromatic rings. The zero-order valence-corrected chi connectivity index (χ0v) is 9.42. The SMILES string of the molecule is N=C(c1cncc(Br)c1)N1CCCC1. The Labute approximate surface area is 91.8 Å². The fourth-order valence-corrected chi connectivity index (χ4v) is 2.03. The minimum Gasteiger partial charge on any atom is -0.357 e. The van der Waals surface area contributed by atoms with Crippen molar-refractivity contribution in [2.24, 2.45) is 0 Å². The number of hydrogen-bond donors (Lipinski definition) is 1. The van der Waals surface area contributed by atoms with Gasteiger partial charge >= 0.3 is 0 Å². The average molecular weight is 254 g/mol. The van der Waals surface area contributed by atoms with Crippen molar-refractivity contribution in [2.75, 3.05) is 13.1 Å². The molecule has 2 heterocycles. The van der Waals surface area contributed by atoms with Gasteiger partial charge in [-0.3, -0.25) is 10.4 Å². The lowest BCUT2D eigenvalue weighted by molar-refractivity contribution is 0.517. The highest BCUT2D eigenvalue weighted by Gasteiger charge is 2.16. The molecule has 0 amide bonds. The molecule has 2 rings (SSSR count). The van der Waals surface area contributed by atoms with E-state index in [1.54, 1.807) is 12.4 Å². The molecule has 3 nitrogen and oxygen atoms in total. The smallest absolute Gasteiger partial charge is 0.129 e. The van der Waals surface area contributed by atoms with Crippen molar-refractivity contribution >= 4 is 21.8 Å². The van der Waals surface area contributed by atoms with Crippen LogP contribution >= 0.6 is 15.9 Å². The van der Waals surface area contributed by atoms with Crippen LogP contribution in [0.2, 0.25) is 0 Å². The first-order valence-corrected chi connectivity index (χ1v) is 5.51. The molecular formula is C10H12BrN3. The summed E-state index contributed by atoms with van der Waals surface area (Å²) in [6.07, 6.45) is 5.87. The topological polar surface area (TPSA) is 40.0 Å². The quantitative estimate of drug-likeness (QED) is 0.616. The van der Waals surface area contributed by atoms with Crippen LogP contribution in [0, 0.1) is 5.41 Å². The van der Waals surface area contributed by atoms with E-state index >= 15 is 0 Å². The van der Waals surface area contributed by atoms with Gasteiger partial charge in [-0.2, -0.15) is 0 Å². The van der Waals surface area contributed by atoms with Crippen molar-refractivity contribution in [2.45, 2.75) is 12.8 Å². The molecule has 1 N–H and O–H groups in total. The Bertz CT molecular complexity index is 345. The Morgan fingerprint density at radius 2 is 2.07 bits per heavy atom. The van der Waals surface area contributed by atoms with Gasteiger partial charge in [-0.15, -0.1) is 0 Å². The predicted octanol–water partition coefficient (Wildman–Crippen LogP) is 2.27. The average Bonchev–Trinajstić information content (AvgIpc) is 2.69. The fraction of sp³-hybridized carbons (Fsp3) is 0.400. The molecule has 0 aromatic carbocycles.